The average Bonchev–Trinajstić information content (AvgIpc) is 3.90. The Morgan fingerprint density at radius 3 is 1.53 bits per heavy atom. The van der Waals surface area contributed by atoms with Crippen LogP contribution in [0.25, 0.3) is 65.3 Å². The molecule has 0 atom stereocenters. The molecule has 3 heterocycles. The summed E-state index contributed by atoms with van der Waals surface area (Å²) in [6, 6.07) is 55.0. The van der Waals surface area contributed by atoms with Gasteiger partial charge in [0.05, 0.1) is 49.2 Å². The number of nitrogens with zero attached hydrogens (tertiary/aromatic N) is 7. The predicted molar refractivity (Wildman–Crippen MR) is 261 cm³/mol. The van der Waals surface area contributed by atoms with Crippen molar-refractivity contribution in [1.29, 1.82) is 0 Å². The van der Waals surface area contributed by atoms with Gasteiger partial charge < -0.3 is 4.90 Å². The van der Waals surface area contributed by atoms with Crippen molar-refractivity contribution in [3.05, 3.63) is 184 Å². The number of rotatable bonds is 5. The second kappa shape index (κ2) is 13.1. The summed E-state index contributed by atoms with van der Waals surface area (Å²) in [5.41, 5.74) is 7.35. The van der Waals surface area contributed by atoms with Crippen LogP contribution in [0.3, 0.4) is 0 Å². The fourth-order valence-corrected chi connectivity index (χ4v) is 14.7. The maximum Gasteiger partial charge on any atom is 0.298 e. The molecule has 0 spiro atoms. The van der Waals surface area contributed by atoms with Crippen molar-refractivity contribution >= 4 is 85.3 Å². The van der Waals surface area contributed by atoms with Crippen LogP contribution >= 0.6 is 0 Å². The van der Waals surface area contributed by atoms with Gasteiger partial charge in [0.25, 0.3) is 25.2 Å². The van der Waals surface area contributed by atoms with Gasteiger partial charge in [-0.25, -0.2) is 0 Å². The summed E-state index contributed by atoms with van der Waals surface area (Å²) in [5, 5.41) is 15.4. The second-order valence-corrected chi connectivity index (χ2v) is 28.5. The third-order valence-electron chi connectivity index (χ3n) is 12.4. The van der Waals surface area contributed by atoms with Crippen molar-refractivity contribution in [2.45, 2.75) is 39.3 Å². The van der Waals surface area contributed by atoms with E-state index >= 15 is 0 Å². The molecule has 0 bridgehead atoms. The zero-order valence-corrected chi connectivity index (χ0v) is 38.6. The highest BCUT2D eigenvalue weighted by Crippen LogP contribution is 2.36. The highest BCUT2D eigenvalue weighted by molar-refractivity contribution is 6.75. The number of anilines is 3. The molecule has 7 nitrogen and oxygen atoms in total. The highest BCUT2D eigenvalue weighted by Gasteiger charge is 2.33. The maximum atomic E-state index is 5.58. The fraction of sp³-hybridized carbons (Fsp3) is 0.115. The summed E-state index contributed by atoms with van der Waals surface area (Å²) < 4.78 is 32.7. The topological polar surface area (TPSA) is 77.4 Å². The Labute approximate surface area is 361 Å². The van der Waals surface area contributed by atoms with Crippen LogP contribution in [0.2, 0.25) is 39.3 Å². The van der Waals surface area contributed by atoms with Crippen LogP contribution in [0.1, 0.15) is 0 Å². The molecule has 0 N–H and O–H groups in total. The van der Waals surface area contributed by atoms with E-state index in [1.807, 2.05) is 0 Å². The molecular formula is C52H43N7Si3. The number of fused-ring (bicyclic) bond motifs is 9. The SMILES string of the molecule is C[Si]1(C)N=c2cccc(N(c3ccc(-c4ccc5ccc6ccccc6c5c4)c4c3=N[Si](C)(C)N=4)c3ccc(-c4cccc5c4ccc4ccccc45)c4c3=N[Si](C)(C)N=4)c2=N1. The Morgan fingerprint density at radius 2 is 0.823 bits per heavy atom. The van der Waals surface area contributed by atoms with Gasteiger partial charge >= 0.3 is 0 Å². The van der Waals surface area contributed by atoms with Crippen molar-refractivity contribution < 1.29 is 0 Å². The molecule has 0 unspecified atom stereocenters. The van der Waals surface area contributed by atoms with Crippen molar-refractivity contribution in [3.63, 3.8) is 0 Å². The van der Waals surface area contributed by atoms with E-state index in [9.17, 15) is 0 Å². The Balaban J connectivity index is 1.13. The van der Waals surface area contributed by atoms with E-state index in [4.69, 9.17) is 27.9 Å². The van der Waals surface area contributed by atoms with Crippen molar-refractivity contribution in [3.8, 4) is 22.3 Å². The lowest BCUT2D eigenvalue weighted by Gasteiger charge is -2.26. The zero-order valence-electron chi connectivity index (χ0n) is 35.6. The minimum atomic E-state index is -2.43. The largest absolute Gasteiger partial charge is 0.304 e. The number of hydrogen-bond donors (Lipinski definition) is 0. The van der Waals surface area contributed by atoms with E-state index in [0.29, 0.717) is 0 Å². The first kappa shape index (κ1) is 37.1. The molecule has 9 aromatic rings. The third kappa shape index (κ3) is 5.81. The molecule has 0 saturated heterocycles. The average molecular weight is 850 g/mol. The number of hydrogen-bond acceptors (Lipinski definition) is 7. The summed E-state index contributed by atoms with van der Waals surface area (Å²) in [6.45, 7) is 13.3. The molecular weight excluding hydrogens is 807 g/mol. The highest BCUT2D eigenvalue weighted by atomic mass is 28.4. The van der Waals surface area contributed by atoms with Crippen molar-refractivity contribution in [2.24, 2.45) is 27.9 Å². The van der Waals surface area contributed by atoms with Crippen LogP contribution in [-0.2, 0) is 0 Å². The molecule has 298 valence electrons. The van der Waals surface area contributed by atoms with E-state index in [2.05, 4.69) is 196 Å². The predicted octanol–water partition coefficient (Wildman–Crippen LogP) is 9.97. The van der Waals surface area contributed by atoms with Crippen LogP contribution in [0, 0.1) is 0 Å². The van der Waals surface area contributed by atoms with Crippen LogP contribution in [-0.4, -0.2) is 25.2 Å². The fourth-order valence-electron chi connectivity index (χ4n) is 9.87. The Bertz CT molecular complexity index is 3880. The first-order chi connectivity index (χ1) is 29.9. The molecule has 12 rings (SSSR count). The first-order valence-corrected chi connectivity index (χ1v) is 30.1. The summed E-state index contributed by atoms with van der Waals surface area (Å²) >= 11 is 0. The molecule has 0 radical (unpaired) electrons. The molecule has 9 aromatic carbocycles. The van der Waals surface area contributed by atoms with E-state index in [1.165, 1.54) is 43.1 Å². The summed E-state index contributed by atoms with van der Waals surface area (Å²) in [6.07, 6.45) is 0. The lowest BCUT2D eigenvalue weighted by Crippen LogP contribution is -2.38. The van der Waals surface area contributed by atoms with E-state index in [-0.39, 0.29) is 0 Å². The molecule has 0 aromatic heterocycles. The van der Waals surface area contributed by atoms with Gasteiger partial charge in [-0.2, -0.15) is 0 Å². The minimum absolute atomic E-state index is 0.909. The van der Waals surface area contributed by atoms with Gasteiger partial charge in [0.2, 0.25) is 0 Å². The quantitative estimate of drug-likeness (QED) is 0.126. The van der Waals surface area contributed by atoms with Crippen LogP contribution in [0.5, 0.6) is 0 Å². The molecule has 0 amide bonds. The molecule has 0 aliphatic carbocycles. The lowest BCUT2D eigenvalue weighted by molar-refractivity contribution is 1.17. The third-order valence-corrected chi connectivity index (χ3v) is 17.1. The van der Waals surface area contributed by atoms with E-state index in [1.54, 1.807) is 0 Å². The molecule has 3 aliphatic heterocycles. The molecule has 3 aliphatic rings. The van der Waals surface area contributed by atoms with Gasteiger partial charge in [-0.05, 0) is 130 Å². The minimum Gasteiger partial charge on any atom is -0.304 e. The van der Waals surface area contributed by atoms with E-state index in [0.717, 1.165) is 71.5 Å². The summed E-state index contributed by atoms with van der Waals surface area (Å²) in [7, 11) is -7.10. The van der Waals surface area contributed by atoms with Crippen LogP contribution in [0.15, 0.2) is 180 Å². The first-order valence-electron chi connectivity index (χ1n) is 21.4. The molecule has 10 heteroatoms. The van der Waals surface area contributed by atoms with Gasteiger partial charge in [-0.15, -0.1) is 0 Å². The zero-order chi connectivity index (χ0) is 42.1. The molecule has 0 saturated carbocycles. The Kier molecular flexibility index (Phi) is 7.85. The Morgan fingerprint density at radius 1 is 0.323 bits per heavy atom. The standard InChI is InChI=1S/C52H43N7Si3/c1-60(2)53-44-19-12-20-45(50(44)56-60)59(46-29-27-38(48-51(46)57-61(3,4)54-48)35-24-23-34-22-21-32-13-8-10-16-37(32)43(34)31-35)47-30-28-42(49-52(47)58-62(5,6)55-49)40-18-11-17-39-36-15-9-7-14-33(36)25-26-41(39)40/h7-31H,1-6H3. The summed E-state index contributed by atoms with van der Waals surface area (Å²) in [5.74, 6) is 0. The van der Waals surface area contributed by atoms with Gasteiger partial charge in [-0.3, -0.25) is 27.9 Å². The monoisotopic (exact) mass is 849 g/mol. The normalized spacial score (nSPS) is 16.1. The van der Waals surface area contributed by atoms with Gasteiger partial charge in [0, 0.05) is 11.1 Å². The van der Waals surface area contributed by atoms with Crippen molar-refractivity contribution in [1.82, 2.24) is 0 Å². The van der Waals surface area contributed by atoms with Gasteiger partial charge in [0.15, 0.2) is 0 Å². The Hall–Kier alpha value is -6.73. The lowest BCUT2D eigenvalue weighted by atomic mass is 9.94. The summed E-state index contributed by atoms with van der Waals surface area (Å²) in [4.78, 5) is 2.35. The van der Waals surface area contributed by atoms with Crippen LogP contribution in [0.4, 0.5) is 17.1 Å². The molecule has 0 fully saturated rings. The maximum absolute atomic E-state index is 5.58. The number of benzene rings is 9. The van der Waals surface area contributed by atoms with Crippen LogP contribution < -0.4 is 37.0 Å². The molecule has 62 heavy (non-hydrogen) atoms. The van der Waals surface area contributed by atoms with Gasteiger partial charge in [0.1, 0.15) is 0 Å². The second-order valence-electron chi connectivity index (χ2n) is 18.2. The van der Waals surface area contributed by atoms with E-state index < -0.39 is 25.2 Å². The van der Waals surface area contributed by atoms with Gasteiger partial charge in [-0.1, -0.05) is 115 Å². The van der Waals surface area contributed by atoms with Crippen molar-refractivity contribution in [2.75, 3.05) is 4.90 Å². The smallest absolute Gasteiger partial charge is 0.298 e.